The molecule has 0 unspecified atom stereocenters. The Hall–Kier alpha value is -2.37. The van der Waals surface area contributed by atoms with Crippen molar-refractivity contribution in [2.75, 3.05) is 13.7 Å². The number of hydrogen-bond donors (Lipinski definition) is 2. The van der Waals surface area contributed by atoms with Gasteiger partial charge in [-0.1, -0.05) is 25.0 Å². The first-order valence-electron chi connectivity index (χ1n) is 7.49. The van der Waals surface area contributed by atoms with Crippen molar-refractivity contribution in [2.45, 2.75) is 32.1 Å². The van der Waals surface area contributed by atoms with Crippen molar-refractivity contribution in [3.63, 3.8) is 0 Å². The molecule has 0 spiro atoms. The second-order valence-corrected chi connectivity index (χ2v) is 5.14. The van der Waals surface area contributed by atoms with E-state index in [1.54, 1.807) is 12.3 Å². The third-order valence-corrected chi connectivity index (χ3v) is 3.54. The number of esters is 1. The second-order valence-electron chi connectivity index (χ2n) is 5.14. The molecule has 2 rings (SSSR count). The number of carbonyl (C=O) groups is 2. The van der Waals surface area contributed by atoms with Crippen LogP contribution in [-0.4, -0.2) is 35.7 Å². The number of nitrogens with zero attached hydrogens (tertiary/aromatic N) is 1. The Bertz CT molecular complexity index is 636. The Morgan fingerprint density at radius 3 is 2.86 bits per heavy atom. The van der Waals surface area contributed by atoms with Gasteiger partial charge in [0.15, 0.2) is 0 Å². The molecule has 1 amide bonds. The van der Waals surface area contributed by atoms with Crippen LogP contribution in [0.5, 0.6) is 0 Å². The van der Waals surface area contributed by atoms with Gasteiger partial charge in [-0.3, -0.25) is 14.7 Å². The van der Waals surface area contributed by atoms with Crippen LogP contribution in [0, 0.1) is 0 Å². The van der Waals surface area contributed by atoms with Crippen LogP contribution in [0.25, 0.3) is 10.9 Å². The molecule has 0 bridgehead atoms. The van der Waals surface area contributed by atoms with Crippen LogP contribution < -0.4 is 5.32 Å². The summed E-state index contributed by atoms with van der Waals surface area (Å²) in [5.41, 5.74) is 1.37. The quantitative estimate of drug-likeness (QED) is 0.579. The maximum absolute atomic E-state index is 12.2. The highest BCUT2D eigenvalue weighted by Crippen LogP contribution is 2.15. The molecule has 1 aromatic heterocycles. The third-order valence-electron chi connectivity index (χ3n) is 3.54. The molecule has 6 nitrogen and oxygen atoms in total. The molecule has 6 heteroatoms. The van der Waals surface area contributed by atoms with Crippen molar-refractivity contribution in [2.24, 2.45) is 0 Å². The Kier molecular flexibility index (Phi) is 5.94. The molecule has 0 radical (unpaired) electrons. The summed E-state index contributed by atoms with van der Waals surface area (Å²) in [5, 5.41) is 10.6. The minimum Gasteiger partial charge on any atom is -0.469 e. The van der Waals surface area contributed by atoms with Crippen molar-refractivity contribution in [1.82, 2.24) is 15.5 Å². The van der Waals surface area contributed by atoms with E-state index in [4.69, 9.17) is 0 Å². The van der Waals surface area contributed by atoms with Gasteiger partial charge in [-0.2, -0.15) is 5.10 Å². The van der Waals surface area contributed by atoms with Gasteiger partial charge in [-0.25, -0.2) is 0 Å². The molecule has 2 aromatic rings. The maximum Gasteiger partial charge on any atom is 0.305 e. The number of carbonyl (C=O) groups excluding carboxylic acids is 2. The molecule has 1 heterocycles. The number of methoxy groups -OCH3 is 1. The summed E-state index contributed by atoms with van der Waals surface area (Å²) in [6.07, 6.45) is 5.82. The normalized spacial score (nSPS) is 10.6. The molecule has 2 N–H and O–H groups in total. The van der Waals surface area contributed by atoms with E-state index in [0.717, 1.165) is 36.6 Å². The summed E-state index contributed by atoms with van der Waals surface area (Å²) in [5.74, 6) is -0.259. The summed E-state index contributed by atoms with van der Waals surface area (Å²) in [6.45, 7) is 0.627. The lowest BCUT2D eigenvalue weighted by molar-refractivity contribution is -0.140. The fourth-order valence-electron chi connectivity index (χ4n) is 2.31. The molecular weight excluding hydrogens is 282 g/mol. The number of amides is 1. The van der Waals surface area contributed by atoms with E-state index in [-0.39, 0.29) is 11.9 Å². The lowest BCUT2D eigenvalue weighted by Crippen LogP contribution is -2.24. The van der Waals surface area contributed by atoms with Gasteiger partial charge in [0.2, 0.25) is 0 Å². The van der Waals surface area contributed by atoms with E-state index >= 15 is 0 Å². The fourth-order valence-corrected chi connectivity index (χ4v) is 2.31. The monoisotopic (exact) mass is 303 g/mol. The number of benzene rings is 1. The zero-order valence-electron chi connectivity index (χ0n) is 12.7. The van der Waals surface area contributed by atoms with Crippen molar-refractivity contribution in [3.8, 4) is 0 Å². The Morgan fingerprint density at radius 2 is 2.05 bits per heavy atom. The molecule has 0 fully saturated rings. The van der Waals surface area contributed by atoms with Crippen LogP contribution in [0.2, 0.25) is 0 Å². The summed E-state index contributed by atoms with van der Waals surface area (Å²) >= 11 is 0. The lowest BCUT2D eigenvalue weighted by Gasteiger charge is -2.06. The van der Waals surface area contributed by atoms with E-state index in [1.807, 2.05) is 12.1 Å². The largest absolute Gasteiger partial charge is 0.469 e. The van der Waals surface area contributed by atoms with Crippen LogP contribution in [0.15, 0.2) is 24.4 Å². The Labute approximate surface area is 129 Å². The summed E-state index contributed by atoms with van der Waals surface area (Å²) < 4.78 is 4.58. The van der Waals surface area contributed by atoms with E-state index in [2.05, 4.69) is 20.3 Å². The lowest BCUT2D eigenvalue weighted by atomic mass is 10.1. The molecule has 0 aliphatic carbocycles. The molecule has 1 aromatic carbocycles. The number of para-hydroxylation sites is 1. The molecule has 0 aliphatic heterocycles. The zero-order valence-corrected chi connectivity index (χ0v) is 12.7. The molecule has 0 aliphatic rings. The van der Waals surface area contributed by atoms with E-state index < -0.39 is 0 Å². The first kappa shape index (κ1) is 16.0. The SMILES string of the molecule is COC(=O)CCCCCCNC(=O)c1cccc2cn[nH]c12. The van der Waals surface area contributed by atoms with Gasteiger partial charge >= 0.3 is 5.97 Å². The van der Waals surface area contributed by atoms with Crippen molar-refractivity contribution >= 4 is 22.8 Å². The number of hydrogen-bond acceptors (Lipinski definition) is 4. The number of fused-ring (bicyclic) bond motifs is 1. The standard InChI is InChI=1S/C16H21N3O3/c1-22-14(20)9-4-2-3-5-10-17-16(21)13-8-6-7-12-11-18-19-15(12)13/h6-8,11H,2-5,9-10H2,1H3,(H,17,21)(H,18,19). The van der Waals surface area contributed by atoms with Gasteiger partial charge in [0.1, 0.15) is 0 Å². The number of nitrogens with one attached hydrogen (secondary N) is 2. The number of rotatable bonds is 8. The van der Waals surface area contributed by atoms with Crippen molar-refractivity contribution in [1.29, 1.82) is 0 Å². The van der Waals surface area contributed by atoms with Gasteiger partial charge in [-0.05, 0) is 18.9 Å². The average molecular weight is 303 g/mol. The molecule has 118 valence electrons. The molecule has 0 atom stereocenters. The number of aromatic amines is 1. The minimum atomic E-state index is -0.166. The number of H-pyrrole nitrogens is 1. The zero-order chi connectivity index (χ0) is 15.8. The summed E-state index contributed by atoms with van der Waals surface area (Å²) in [7, 11) is 1.40. The van der Waals surface area contributed by atoms with Gasteiger partial charge in [0.25, 0.3) is 5.91 Å². The second kappa shape index (κ2) is 8.17. The van der Waals surface area contributed by atoms with Gasteiger partial charge in [0.05, 0.1) is 24.4 Å². The van der Waals surface area contributed by atoms with Crippen LogP contribution in [0.3, 0.4) is 0 Å². The minimum absolute atomic E-state index is 0.0931. The predicted octanol–water partition coefficient (Wildman–Crippen LogP) is 2.42. The van der Waals surface area contributed by atoms with Crippen molar-refractivity contribution < 1.29 is 14.3 Å². The topological polar surface area (TPSA) is 84.1 Å². The van der Waals surface area contributed by atoms with Crippen LogP contribution in [0.4, 0.5) is 0 Å². The highest BCUT2D eigenvalue weighted by molar-refractivity contribution is 6.05. The number of aromatic nitrogens is 2. The van der Waals surface area contributed by atoms with Crippen LogP contribution >= 0.6 is 0 Å². The predicted molar refractivity (Wildman–Crippen MR) is 83.5 cm³/mol. The first-order valence-corrected chi connectivity index (χ1v) is 7.49. The molecule has 0 saturated carbocycles. The third kappa shape index (κ3) is 4.31. The first-order chi connectivity index (χ1) is 10.7. The Balaban J connectivity index is 1.68. The smallest absolute Gasteiger partial charge is 0.305 e. The molecule has 0 saturated heterocycles. The van der Waals surface area contributed by atoms with Crippen LogP contribution in [-0.2, 0) is 9.53 Å². The van der Waals surface area contributed by atoms with Gasteiger partial charge < -0.3 is 10.1 Å². The number of ether oxygens (including phenoxy) is 1. The van der Waals surface area contributed by atoms with E-state index in [0.29, 0.717) is 18.5 Å². The summed E-state index contributed by atoms with van der Waals surface area (Å²) in [6, 6.07) is 5.54. The van der Waals surface area contributed by atoms with Gasteiger partial charge in [0, 0.05) is 18.4 Å². The average Bonchev–Trinajstić information content (AvgIpc) is 3.01. The van der Waals surface area contributed by atoms with E-state index in [1.165, 1.54) is 7.11 Å². The highest BCUT2D eigenvalue weighted by atomic mass is 16.5. The maximum atomic E-state index is 12.2. The van der Waals surface area contributed by atoms with E-state index in [9.17, 15) is 9.59 Å². The molecular formula is C16H21N3O3. The highest BCUT2D eigenvalue weighted by Gasteiger charge is 2.10. The number of unbranched alkanes of at least 4 members (excludes halogenated alkanes) is 3. The van der Waals surface area contributed by atoms with Crippen molar-refractivity contribution in [3.05, 3.63) is 30.0 Å². The fraction of sp³-hybridized carbons (Fsp3) is 0.438. The van der Waals surface area contributed by atoms with Gasteiger partial charge in [-0.15, -0.1) is 0 Å². The molecule has 22 heavy (non-hydrogen) atoms. The van der Waals surface area contributed by atoms with Crippen LogP contribution in [0.1, 0.15) is 42.5 Å². The Morgan fingerprint density at radius 1 is 1.23 bits per heavy atom. The summed E-state index contributed by atoms with van der Waals surface area (Å²) in [4.78, 5) is 23.1.